The molecule has 19 heavy (non-hydrogen) atoms. The van der Waals surface area contributed by atoms with Crippen LogP contribution in [0.3, 0.4) is 0 Å². The van der Waals surface area contributed by atoms with E-state index in [2.05, 4.69) is 10.1 Å². The Kier molecular flexibility index (Phi) is 3.82. The van der Waals surface area contributed by atoms with Crippen LogP contribution in [0.4, 0.5) is 0 Å². The number of hydrogen-bond donors (Lipinski definition) is 2. The maximum atomic E-state index is 8.54. The zero-order chi connectivity index (χ0) is 13.7. The number of hydrogen-bond acceptors (Lipinski definition) is 5. The Labute approximate surface area is 110 Å². The summed E-state index contributed by atoms with van der Waals surface area (Å²) in [5, 5.41) is 11.4. The number of benzene rings is 1. The average Bonchev–Trinajstić information content (AvgIpc) is 2.48. The molecule has 3 N–H and O–H groups in total. The molecule has 2 aromatic rings. The predicted molar refractivity (Wildman–Crippen MR) is 69.8 cm³/mol. The lowest BCUT2D eigenvalue weighted by molar-refractivity contribution is 0.318. The first-order chi connectivity index (χ1) is 9.24. The lowest BCUT2D eigenvalue weighted by atomic mass is 10.3. The molecule has 0 aliphatic heterocycles. The Bertz CT molecular complexity index is 582. The molecule has 6 nitrogen and oxygen atoms in total. The Morgan fingerprint density at radius 2 is 1.95 bits per heavy atom. The molecule has 1 aromatic heterocycles. The molecule has 98 valence electrons. The number of pyridine rings is 1. The predicted octanol–water partition coefficient (Wildman–Crippen LogP) is 1.98. The van der Waals surface area contributed by atoms with E-state index in [9.17, 15) is 0 Å². The highest BCUT2D eigenvalue weighted by molar-refractivity contribution is 5.95. The molecular weight excluding hydrogens is 246 g/mol. The van der Waals surface area contributed by atoms with E-state index in [-0.39, 0.29) is 5.84 Å². The number of nitrogens with two attached hydrogens (primary N) is 1. The van der Waals surface area contributed by atoms with Gasteiger partial charge in [-0.25, -0.2) is 4.98 Å². The van der Waals surface area contributed by atoms with Crippen LogP contribution in [0.15, 0.2) is 47.8 Å². The third kappa shape index (κ3) is 2.92. The summed E-state index contributed by atoms with van der Waals surface area (Å²) in [6, 6.07) is 10.6. The van der Waals surface area contributed by atoms with Gasteiger partial charge >= 0.3 is 0 Å². The molecule has 0 saturated heterocycles. The molecule has 0 amide bonds. The largest absolute Gasteiger partial charge is 0.493 e. The maximum absolute atomic E-state index is 8.54. The SMILES string of the molecule is COc1ccccc1Oc1ccc(/C(N)=N/O)nc1. The lowest BCUT2D eigenvalue weighted by Crippen LogP contribution is -2.14. The molecule has 0 saturated carbocycles. The first kappa shape index (κ1) is 12.7. The van der Waals surface area contributed by atoms with Crippen molar-refractivity contribution in [2.45, 2.75) is 0 Å². The number of nitrogens with zero attached hydrogens (tertiary/aromatic N) is 2. The minimum atomic E-state index is -0.0520. The van der Waals surface area contributed by atoms with Crippen molar-refractivity contribution in [2.75, 3.05) is 7.11 Å². The Hall–Kier alpha value is -2.76. The van der Waals surface area contributed by atoms with E-state index < -0.39 is 0 Å². The summed E-state index contributed by atoms with van der Waals surface area (Å²) < 4.78 is 10.8. The van der Waals surface area contributed by atoms with Gasteiger partial charge in [-0.15, -0.1) is 0 Å². The van der Waals surface area contributed by atoms with Crippen molar-refractivity contribution in [2.24, 2.45) is 10.9 Å². The van der Waals surface area contributed by atoms with E-state index in [0.29, 0.717) is 22.9 Å². The van der Waals surface area contributed by atoms with Crippen LogP contribution in [0.25, 0.3) is 0 Å². The first-order valence-corrected chi connectivity index (χ1v) is 5.49. The van der Waals surface area contributed by atoms with E-state index in [1.54, 1.807) is 31.4 Å². The Morgan fingerprint density at radius 1 is 1.21 bits per heavy atom. The van der Waals surface area contributed by atoms with Crippen LogP contribution in [0.1, 0.15) is 5.69 Å². The molecule has 6 heteroatoms. The van der Waals surface area contributed by atoms with Crippen LogP contribution in [0.5, 0.6) is 17.2 Å². The highest BCUT2D eigenvalue weighted by atomic mass is 16.5. The molecule has 0 spiro atoms. The number of rotatable bonds is 4. The quantitative estimate of drug-likeness (QED) is 0.379. The van der Waals surface area contributed by atoms with E-state index >= 15 is 0 Å². The van der Waals surface area contributed by atoms with Crippen LogP contribution in [-0.4, -0.2) is 23.1 Å². The molecule has 0 aliphatic rings. The minimum absolute atomic E-state index is 0.0520. The Morgan fingerprint density at radius 3 is 2.53 bits per heavy atom. The second-order valence-corrected chi connectivity index (χ2v) is 3.62. The molecule has 0 unspecified atom stereocenters. The molecule has 0 aliphatic carbocycles. The van der Waals surface area contributed by atoms with Crippen LogP contribution in [0.2, 0.25) is 0 Å². The Balaban J connectivity index is 2.20. The number of amidine groups is 1. The molecule has 0 bridgehead atoms. The van der Waals surface area contributed by atoms with Gasteiger partial charge in [-0.2, -0.15) is 0 Å². The van der Waals surface area contributed by atoms with E-state index in [1.165, 1.54) is 6.20 Å². The molecular formula is C13H13N3O3. The summed E-state index contributed by atoms with van der Waals surface area (Å²) in [7, 11) is 1.57. The zero-order valence-corrected chi connectivity index (χ0v) is 10.3. The number of methoxy groups -OCH3 is 1. The molecule has 0 radical (unpaired) electrons. The smallest absolute Gasteiger partial charge is 0.188 e. The van der Waals surface area contributed by atoms with E-state index in [4.69, 9.17) is 20.4 Å². The first-order valence-electron chi connectivity index (χ1n) is 5.49. The highest BCUT2D eigenvalue weighted by Gasteiger charge is 2.06. The second kappa shape index (κ2) is 5.72. The van der Waals surface area contributed by atoms with Gasteiger partial charge in [0.05, 0.1) is 13.3 Å². The van der Waals surface area contributed by atoms with Crippen molar-refractivity contribution in [3.8, 4) is 17.2 Å². The van der Waals surface area contributed by atoms with Crippen molar-refractivity contribution < 1.29 is 14.7 Å². The summed E-state index contributed by atoms with van der Waals surface area (Å²) in [5.74, 6) is 1.69. The van der Waals surface area contributed by atoms with Crippen molar-refractivity contribution in [3.63, 3.8) is 0 Å². The molecule has 1 heterocycles. The third-order valence-corrected chi connectivity index (χ3v) is 2.40. The number of oxime groups is 1. The zero-order valence-electron chi connectivity index (χ0n) is 10.3. The van der Waals surface area contributed by atoms with Gasteiger partial charge in [0.1, 0.15) is 11.4 Å². The summed E-state index contributed by atoms with van der Waals surface area (Å²) in [4.78, 5) is 4.02. The van der Waals surface area contributed by atoms with Crippen molar-refractivity contribution in [1.29, 1.82) is 0 Å². The van der Waals surface area contributed by atoms with Crippen LogP contribution < -0.4 is 15.2 Å². The molecule has 0 atom stereocenters. The summed E-state index contributed by atoms with van der Waals surface area (Å²) in [5.41, 5.74) is 5.79. The third-order valence-electron chi connectivity index (χ3n) is 2.40. The van der Waals surface area contributed by atoms with E-state index in [0.717, 1.165) is 0 Å². The van der Waals surface area contributed by atoms with Gasteiger partial charge in [0.25, 0.3) is 0 Å². The van der Waals surface area contributed by atoms with Crippen LogP contribution in [-0.2, 0) is 0 Å². The fourth-order valence-electron chi connectivity index (χ4n) is 1.47. The van der Waals surface area contributed by atoms with Gasteiger partial charge in [-0.05, 0) is 24.3 Å². The highest BCUT2D eigenvalue weighted by Crippen LogP contribution is 2.30. The van der Waals surface area contributed by atoms with Crippen LogP contribution in [0, 0.1) is 0 Å². The normalized spacial score (nSPS) is 11.1. The van der Waals surface area contributed by atoms with Gasteiger partial charge in [0.2, 0.25) is 0 Å². The lowest BCUT2D eigenvalue weighted by Gasteiger charge is -2.09. The summed E-state index contributed by atoms with van der Waals surface area (Å²) >= 11 is 0. The van der Waals surface area contributed by atoms with Crippen LogP contribution >= 0.6 is 0 Å². The minimum Gasteiger partial charge on any atom is -0.493 e. The van der Waals surface area contributed by atoms with Gasteiger partial charge in [-0.1, -0.05) is 17.3 Å². The molecule has 2 rings (SSSR count). The van der Waals surface area contributed by atoms with Gasteiger partial charge in [0.15, 0.2) is 17.3 Å². The molecule has 1 aromatic carbocycles. The number of ether oxygens (including phenoxy) is 2. The molecule has 0 fully saturated rings. The van der Waals surface area contributed by atoms with Crippen molar-refractivity contribution in [3.05, 3.63) is 48.3 Å². The van der Waals surface area contributed by atoms with Gasteiger partial charge < -0.3 is 20.4 Å². The van der Waals surface area contributed by atoms with Gasteiger partial charge in [0, 0.05) is 0 Å². The monoisotopic (exact) mass is 259 g/mol. The van der Waals surface area contributed by atoms with Crippen molar-refractivity contribution in [1.82, 2.24) is 4.98 Å². The van der Waals surface area contributed by atoms with E-state index in [1.807, 2.05) is 12.1 Å². The average molecular weight is 259 g/mol. The van der Waals surface area contributed by atoms with Gasteiger partial charge in [-0.3, -0.25) is 0 Å². The standard InChI is InChI=1S/C13H13N3O3/c1-18-11-4-2-3-5-12(11)19-9-6-7-10(15-8-9)13(14)16-17/h2-8,17H,1H3,(H2,14,16). The summed E-state index contributed by atoms with van der Waals surface area (Å²) in [6.45, 7) is 0. The summed E-state index contributed by atoms with van der Waals surface area (Å²) in [6.07, 6.45) is 1.49. The topological polar surface area (TPSA) is 90.0 Å². The van der Waals surface area contributed by atoms with Crippen molar-refractivity contribution >= 4 is 5.84 Å². The second-order valence-electron chi connectivity index (χ2n) is 3.62. The fourth-order valence-corrected chi connectivity index (χ4v) is 1.47. The number of para-hydroxylation sites is 2. The fraction of sp³-hybridized carbons (Fsp3) is 0.0769. The maximum Gasteiger partial charge on any atom is 0.188 e. The number of aromatic nitrogens is 1.